The highest BCUT2D eigenvalue weighted by molar-refractivity contribution is 5.87. The Labute approximate surface area is 131 Å². The smallest absolute Gasteiger partial charge is 0.315 e. The van der Waals surface area contributed by atoms with Crippen LogP contribution in [0.25, 0.3) is 0 Å². The molecule has 1 heterocycles. The summed E-state index contributed by atoms with van der Waals surface area (Å²) in [6.07, 6.45) is 1.58. The number of hydrogen-bond donors (Lipinski definition) is 3. The molecule has 0 spiro atoms. The zero-order valence-electron chi connectivity index (χ0n) is 13.5. The summed E-state index contributed by atoms with van der Waals surface area (Å²) >= 11 is 0. The van der Waals surface area contributed by atoms with Crippen LogP contribution in [-0.2, 0) is 4.79 Å². The first-order valence-corrected chi connectivity index (χ1v) is 7.92. The quantitative estimate of drug-likeness (QED) is 0.799. The van der Waals surface area contributed by atoms with Crippen molar-refractivity contribution >= 4 is 11.9 Å². The van der Waals surface area contributed by atoms with Gasteiger partial charge in [-0.15, -0.1) is 0 Å². The Kier molecular flexibility index (Phi) is 5.41. The second kappa shape index (κ2) is 7.29. The average molecular weight is 303 g/mol. The Morgan fingerprint density at radius 2 is 1.82 bits per heavy atom. The minimum absolute atomic E-state index is 0.102. The molecule has 3 N–H and O–H groups in total. The van der Waals surface area contributed by atoms with Crippen molar-refractivity contribution in [3.05, 3.63) is 35.4 Å². The van der Waals surface area contributed by atoms with Crippen LogP contribution in [0.4, 0.5) is 4.79 Å². The highest BCUT2D eigenvalue weighted by Crippen LogP contribution is 2.18. The number of urea groups is 1. The second-order valence-corrected chi connectivity index (χ2v) is 6.15. The number of piperidine rings is 1. The third-order valence-corrected chi connectivity index (χ3v) is 4.04. The lowest BCUT2D eigenvalue weighted by Crippen LogP contribution is -2.52. The Bertz CT molecular complexity index is 525. The summed E-state index contributed by atoms with van der Waals surface area (Å²) in [5.41, 5.74) is 2.33. The number of carbonyl (C=O) groups excluding carboxylic acids is 2. The zero-order chi connectivity index (χ0) is 16.1. The molecule has 0 aromatic heterocycles. The van der Waals surface area contributed by atoms with E-state index in [2.05, 4.69) is 41.9 Å². The molecule has 1 aromatic rings. The third kappa shape index (κ3) is 4.23. The fourth-order valence-electron chi connectivity index (χ4n) is 2.56. The molecule has 5 heteroatoms. The van der Waals surface area contributed by atoms with Gasteiger partial charge in [0.2, 0.25) is 5.91 Å². The van der Waals surface area contributed by atoms with Gasteiger partial charge in [0.1, 0.15) is 6.04 Å². The molecule has 2 rings (SSSR count). The summed E-state index contributed by atoms with van der Waals surface area (Å²) in [6.45, 7) is 6.93. The van der Waals surface area contributed by atoms with Crippen molar-refractivity contribution in [2.45, 2.75) is 51.6 Å². The van der Waals surface area contributed by atoms with E-state index in [0.29, 0.717) is 18.9 Å². The molecular weight excluding hydrogens is 278 g/mol. The summed E-state index contributed by atoms with van der Waals surface area (Å²) in [7, 11) is 0. The molecule has 0 aliphatic carbocycles. The predicted molar refractivity (Wildman–Crippen MR) is 86.6 cm³/mol. The number of rotatable bonds is 4. The van der Waals surface area contributed by atoms with Gasteiger partial charge in [0, 0.05) is 6.54 Å². The zero-order valence-corrected chi connectivity index (χ0v) is 13.5. The maximum Gasteiger partial charge on any atom is 0.315 e. The Morgan fingerprint density at radius 3 is 2.41 bits per heavy atom. The standard InChI is InChI=1S/C17H25N3O2/c1-11(2)13-6-8-14(9-7-13)12(3)19-17(22)20-15-5-4-10-18-16(15)21/h6-9,11-12,15H,4-5,10H2,1-3H3,(H,18,21)(H2,19,20,22)/t12-,15-/m1/s1. The Balaban J connectivity index is 1.89. The van der Waals surface area contributed by atoms with Gasteiger partial charge in [-0.05, 0) is 36.8 Å². The minimum Gasteiger partial charge on any atom is -0.354 e. The first-order chi connectivity index (χ1) is 10.5. The molecule has 22 heavy (non-hydrogen) atoms. The molecule has 2 atom stereocenters. The summed E-state index contributed by atoms with van der Waals surface area (Å²) in [5.74, 6) is 0.390. The van der Waals surface area contributed by atoms with Crippen LogP contribution in [0.3, 0.4) is 0 Å². The molecule has 1 aromatic carbocycles. The number of hydrogen-bond acceptors (Lipinski definition) is 2. The van der Waals surface area contributed by atoms with Gasteiger partial charge in [-0.3, -0.25) is 4.79 Å². The van der Waals surface area contributed by atoms with E-state index in [0.717, 1.165) is 12.0 Å². The fourth-order valence-corrected chi connectivity index (χ4v) is 2.56. The van der Waals surface area contributed by atoms with E-state index in [-0.39, 0.29) is 18.0 Å². The Morgan fingerprint density at radius 1 is 1.18 bits per heavy atom. The maximum absolute atomic E-state index is 12.0. The van der Waals surface area contributed by atoms with E-state index >= 15 is 0 Å². The van der Waals surface area contributed by atoms with Crippen LogP contribution in [0.2, 0.25) is 0 Å². The average Bonchev–Trinajstić information content (AvgIpc) is 2.49. The topological polar surface area (TPSA) is 70.2 Å². The van der Waals surface area contributed by atoms with E-state index in [4.69, 9.17) is 0 Å². The molecule has 1 saturated heterocycles. The van der Waals surface area contributed by atoms with Crippen LogP contribution >= 0.6 is 0 Å². The van der Waals surface area contributed by atoms with Crippen molar-refractivity contribution in [3.63, 3.8) is 0 Å². The molecule has 1 aliphatic rings. The predicted octanol–water partition coefficient (Wildman–Crippen LogP) is 2.45. The van der Waals surface area contributed by atoms with Crippen molar-refractivity contribution < 1.29 is 9.59 Å². The normalized spacial score (nSPS) is 19.5. The van der Waals surface area contributed by atoms with Gasteiger partial charge < -0.3 is 16.0 Å². The largest absolute Gasteiger partial charge is 0.354 e. The number of carbonyl (C=O) groups is 2. The van der Waals surface area contributed by atoms with Crippen molar-refractivity contribution in [1.29, 1.82) is 0 Å². The third-order valence-electron chi connectivity index (χ3n) is 4.04. The fraction of sp³-hybridized carbons (Fsp3) is 0.529. The first-order valence-electron chi connectivity index (χ1n) is 7.92. The first kappa shape index (κ1) is 16.3. The van der Waals surface area contributed by atoms with E-state index in [1.54, 1.807) is 0 Å². The summed E-state index contributed by atoms with van der Waals surface area (Å²) in [4.78, 5) is 23.6. The molecule has 0 bridgehead atoms. The second-order valence-electron chi connectivity index (χ2n) is 6.15. The highest BCUT2D eigenvalue weighted by Gasteiger charge is 2.24. The molecule has 1 fully saturated rings. The van der Waals surface area contributed by atoms with Crippen molar-refractivity contribution in [1.82, 2.24) is 16.0 Å². The molecule has 1 aliphatic heterocycles. The molecule has 0 unspecified atom stereocenters. The van der Waals surface area contributed by atoms with Gasteiger partial charge in [0.05, 0.1) is 6.04 Å². The van der Waals surface area contributed by atoms with E-state index < -0.39 is 6.04 Å². The lowest BCUT2D eigenvalue weighted by molar-refractivity contribution is -0.124. The maximum atomic E-state index is 12.0. The SMILES string of the molecule is CC(C)c1ccc([C@@H](C)NC(=O)N[C@@H]2CCCNC2=O)cc1. The molecule has 0 radical (unpaired) electrons. The van der Waals surface area contributed by atoms with E-state index in [9.17, 15) is 9.59 Å². The van der Waals surface area contributed by atoms with Crippen molar-refractivity contribution in [2.24, 2.45) is 0 Å². The van der Waals surface area contributed by atoms with Gasteiger partial charge in [-0.1, -0.05) is 38.1 Å². The van der Waals surface area contributed by atoms with Crippen LogP contribution in [0.1, 0.15) is 56.7 Å². The molecule has 0 saturated carbocycles. The van der Waals surface area contributed by atoms with Crippen LogP contribution in [0.5, 0.6) is 0 Å². The van der Waals surface area contributed by atoms with Crippen molar-refractivity contribution in [2.75, 3.05) is 6.54 Å². The summed E-state index contributed by atoms with van der Waals surface area (Å²) < 4.78 is 0. The van der Waals surface area contributed by atoms with Crippen LogP contribution in [0, 0.1) is 0 Å². The van der Waals surface area contributed by atoms with Crippen molar-refractivity contribution in [3.8, 4) is 0 Å². The summed E-state index contributed by atoms with van der Waals surface area (Å²) in [5, 5.41) is 8.38. The molecule has 5 nitrogen and oxygen atoms in total. The number of amides is 3. The number of nitrogens with one attached hydrogen (secondary N) is 3. The van der Waals surface area contributed by atoms with Gasteiger partial charge in [-0.25, -0.2) is 4.79 Å². The number of benzene rings is 1. The summed E-state index contributed by atoms with van der Waals surface area (Å²) in [6, 6.07) is 7.41. The monoisotopic (exact) mass is 303 g/mol. The van der Waals surface area contributed by atoms with E-state index in [1.165, 1.54) is 5.56 Å². The van der Waals surface area contributed by atoms with Gasteiger partial charge in [0.15, 0.2) is 0 Å². The minimum atomic E-state index is -0.427. The van der Waals surface area contributed by atoms with Gasteiger partial charge in [-0.2, -0.15) is 0 Å². The lowest BCUT2D eigenvalue weighted by atomic mass is 10.00. The van der Waals surface area contributed by atoms with Gasteiger partial charge >= 0.3 is 6.03 Å². The lowest BCUT2D eigenvalue weighted by Gasteiger charge is -2.24. The van der Waals surface area contributed by atoms with E-state index in [1.807, 2.05) is 19.1 Å². The Hall–Kier alpha value is -2.04. The molecule has 120 valence electrons. The molecular formula is C17H25N3O2. The molecule has 3 amide bonds. The van der Waals surface area contributed by atoms with Crippen LogP contribution in [-0.4, -0.2) is 24.5 Å². The van der Waals surface area contributed by atoms with Crippen LogP contribution < -0.4 is 16.0 Å². The highest BCUT2D eigenvalue weighted by atomic mass is 16.2. The van der Waals surface area contributed by atoms with Crippen LogP contribution in [0.15, 0.2) is 24.3 Å². The van der Waals surface area contributed by atoms with Gasteiger partial charge in [0.25, 0.3) is 0 Å².